The number of hydrogen-bond donors (Lipinski definition) is 0. The molecule has 0 bridgehead atoms. The smallest absolute Gasteiger partial charge is 0.169 e. The van der Waals surface area contributed by atoms with Crippen molar-refractivity contribution in [2.45, 2.75) is 38.1 Å². The van der Waals surface area contributed by atoms with Gasteiger partial charge < -0.3 is 4.74 Å². The molecular weight excluding hydrogens is 393 g/mol. The Labute approximate surface area is 178 Å². The molecule has 0 N–H and O–H groups in total. The number of likely N-dealkylation sites (tertiary alicyclic amines) is 1. The summed E-state index contributed by atoms with van der Waals surface area (Å²) in [6, 6.07) is 14.3. The first-order valence-corrected chi connectivity index (χ1v) is 10.3. The van der Waals surface area contributed by atoms with Gasteiger partial charge in [0.2, 0.25) is 0 Å². The number of carbonyl (C=O) groups is 1. The normalized spacial score (nSPS) is 20.8. The van der Waals surface area contributed by atoms with Crippen LogP contribution in [0.25, 0.3) is 0 Å². The highest BCUT2D eigenvalue weighted by Crippen LogP contribution is 2.43. The van der Waals surface area contributed by atoms with Crippen molar-refractivity contribution < 1.29 is 9.53 Å². The Bertz CT molecular complexity index is 819. The molecule has 1 aliphatic carbocycles. The van der Waals surface area contributed by atoms with Crippen LogP contribution < -0.4 is 4.74 Å². The second-order valence-electron chi connectivity index (χ2n) is 7.56. The highest BCUT2D eigenvalue weighted by Gasteiger charge is 2.39. The van der Waals surface area contributed by atoms with Gasteiger partial charge in [-0.2, -0.15) is 0 Å². The largest absolute Gasteiger partial charge is 0.496 e. The fraction of sp³-hybridized carbons (Fsp3) is 0.435. The number of nitrogens with zero attached hydrogens (tertiary/aromatic N) is 1. The maximum Gasteiger partial charge on any atom is 0.169 e. The minimum absolute atomic E-state index is 0. The third-order valence-corrected chi connectivity index (χ3v) is 6.35. The minimum Gasteiger partial charge on any atom is -0.496 e. The van der Waals surface area contributed by atoms with Crippen molar-refractivity contribution in [1.82, 2.24) is 4.90 Å². The van der Waals surface area contributed by atoms with Gasteiger partial charge in [0.1, 0.15) is 5.75 Å². The van der Waals surface area contributed by atoms with E-state index < -0.39 is 0 Å². The molecule has 1 heterocycles. The molecule has 0 aromatic heterocycles. The van der Waals surface area contributed by atoms with Crippen molar-refractivity contribution >= 4 is 29.8 Å². The fourth-order valence-corrected chi connectivity index (χ4v) is 5.04. The van der Waals surface area contributed by atoms with E-state index in [4.69, 9.17) is 16.3 Å². The monoisotopic (exact) mass is 419 g/mol. The molecule has 0 spiro atoms. The Hall–Kier alpha value is -1.55. The number of benzene rings is 2. The molecule has 2 unspecified atom stereocenters. The average molecular weight is 420 g/mol. The van der Waals surface area contributed by atoms with Crippen LogP contribution in [0.5, 0.6) is 5.75 Å². The summed E-state index contributed by atoms with van der Waals surface area (Å²) >= 11 is 6.48. The topological polar surface area (TPSA) is 29.5 Å². The lowest BCUT2D eigenvalue weighted by Crippen LogP contribution is -2.41. The van der Waals surface area contributed by atoms with Gasteiger partial charge in [-0.3, -0.25) is 9.69 Å². The second kappa shape index (κ2) is 9.30. The van der Waals surface area contributed by atoms with Gasteiger partial charge in [-0.1, -0.05) is 48.4 Å². The third-order valence-electron chi connectivity index (χ3n) is 6.03. The van der Waals surface area contributed by atoms with E-state index in [-0.39, 0.29) is 30.2 Å². The summed E-state index contributed by atoms with van der Waals surface area (Å²) in [5, 5.41) is 0.547. The third kappa shape index (κ3) is 3.94. The number of piperidine rings is 1. The molecule has 0 amide bonds. The van der Waals surface area contributed by atoms with Crippen molar-refractivity contribution in [1.29, 1.82) is 0 Å². The molecule has 0 radical (unpaired) electrons. The Morgan fingerprint density at radius 1 is 1.07 bits per heavy atom. The van der Waals surface area contributed by atoms with E-state index in [2.05, 4.69) is 29.2 Å². The molecule has 1 aliphatic heterocycles. The summed E-state index contributed by atoms with van der Waals surface area (Å²) in [5.74, 6) is 0.873. The predicted molar refractivity (Wildman–Crippen MR) is 116 cm³/mol. The Morgan fingerprint density at radius 3 is 2.46 bits per heavy atom. The number of Topliss-reactive ketones (excluding diaryl/α,β-unsaturated/α-hetero) is 1. The molecule has 2 atom stereocenters. The van der Waals surface area contributed by atoms with Crippen LogP contribution in [0.1, 0.15) is 53.2 Å². The number of methoxy groups -OCH3 is 1. The fourth-order valence-electron chi connectivity index (χ4n) is 4.77. The highest BCUT2D eigenvalue weighted by atomic mass is 35.5. The number of halogens is 2. The minimum atomic E-state index is -0.0670. The van der Waals surface area contributed by atoms with Gasteiger partial charge in [-0.15, -0.1) is 12.4 Å². The molecule has 28 heavy (non-hydrogen) atoms. The van der Waals surface area contributed by atoms with Crippen molar-refractivity contribution in [3.05, 3.63) is 64.2 Å². The SMILES string of the molecule is COc1ccc(Cl)c2c1CCC(C(c1ccccc1)N1CCCCC1)C2=O.Cl. The standard InChI is InChI=1S/C23H26ClNO2.ClH/c1-27-20-13-12-19(24)21-17(20)10-11-18(23(21)26)22(16-8-4-2-5-9-16)25-14-6-3-7-15-25;/h2,4-5,8-9,12-13,18,22H,3,6-7,10-11,14-15H2,1H3;1H. The Balaban J connectivity index is 0.00000225. The van der Waals surface area contributed by atoms with Crippen LogP contribution in [0.3, 0.4) is 0 Å². The maximum atomic E-state index is 13.6. The van der Waals surface area contributed by atoms with Crippen LogP contribution in [0, 0.1) is 5.92 Å². The van der Waals surface area contributed by atoms with Crippen LogP contribution in [-0.4, -0.2) is 30.9 Å². The zero-order valence-corrected chi connectivity index (χ0v) is 17.8. The zero-order chi connectivity index (χ0) is 18.8. The van der Waals surface area contributed by atoms with E-state index in [1.807, 2.05) is 12.1 Å². The van der Waals surface area contributed by atoms with Gasteiger partial charge in [0.15, 0.2) is 5.78 Å². The van der Waals surface area contributed by atoms with Gasteiger partial charge in [0.05, 0.1) is 12.1 Å². The molecule has 2 aromatic carbocycles. The lowest BCUT2D eigenvalue weighted by Gasteiger charge is -2.40. The van der Waals surface area contributed by atoms with Crippen LogP contribution in [0.15, 0.2) is 42.5 Å². The number of hydrogen-bond acceptors (Lipinski definition) is 3. The Morgan fingerprint density at radius 2 is 1.79 bits per heavy atom. The summed E-state index contributed by atoms with van der Waals surface area (Å²) in [6.07, 6.45) is 5.35. The first-order chi connectivity index (χ1) is 13.2. The first-order valence-electron chi connectivity index (χ1n) is 9.89. The van der Waals surface area contributed by atoms with Gasteiger partial charge in [0, 0.05) is 23.1 Å². The first kappa shape index (κ1) is 21.2. The second-order valence-corrected chi connectivity index (χ2v) is 7.97. The molecule has 2 aliphatic rings. The van der Waals surface area contributed by atoms with Gasteiger partial charge in [-0.05, 0) is 56.5 Å². The molecule has 5 heteroatoms. The molecule has 1 saturated heterocycles. The quantitative estimate of drug-likeness (QED) is 0.632. The molecule has 1 fully saturated rings. The van der Waals surface area contributed by atoms with Crippen molar-refractivity contribution in [3.63, 3.8) is 0 Å². The Kier molecular flexibility index (Phi) is 7.03. The van der Waals surface area contributed by atoms with Gasteiger partial charge in [-0.25, -0.2) is 0 Å². The molecule has 4 rings (SSSR count). The van der Waals surface area contributed by atoms with Crippen LogP contribution in [-0.2, 0) is 6.42 Å². The predicted octanol–water partition coefficient (Wildman–Crippen LogP) is 5.74. The van der Waals surface area contributed by atoms with E-state index in [0.717, 1.165) is 37.2 Å². The van der Waals surface area contributed by atoms with E-state index >= 15 is 0 Å². The van der Waals surface area contributed by atoms with Crippen molar-refractivity contribution in [2.75, 3.05) is 20.2 Å². The summed E-state index contributed by atoms with van der Waals surface area (Å²) in [6.45, 7) is 2.12. The van der Waals surface area contributed by atoms with E-state index in [1.54, 1.807) is 13.2 Å². The maximum absolute atomic E-state index is 13.6. The highest BCUT2D eigenvalue weighted by molar-refractivity contribution is 6.34. The number of rotatable bonds is 4. The van der Waals surface area contributed by atoms with E-state index in [1.165, 1.54) is 24.8 Å². The van der Waals surface area contributed by atoms with E-state index in [9.17, 15) is 4.79 Å². The molecule has 150 valence electrons. The zero-order valence-electron chi connectivity index (χ0n) is 16.2. The number of ketones is 1. The lowest BCUT2D eigenvalue weighted by molar-refractivity contribution is 0.0690. The molecular formula is C23H27Cl2NO2. The summed E-state index contributed by atoms with van der Waals surface area (Å²) < 4.78 is 5.49. The van der Waals surface area contributed by atoms with Gasteiger partial charge in [0.25, 0.3) is 0 Å². The summed E-state index contributed by atoms with van der Waals surface area (Å²) in [4.78, 5) is 16.1. The number of ether oxygens (including phenoxy) is 1. The van der Waals surface area contributed by atoms with Crippen LogP contribution >= 0.6 is 24.0 Å². The van der Waals surface area contributed by atoms with Crippen molar-refractivity contribution in [3.8, 4) is 5.75 Å². The molecule has 3 nitrogen and oxygen atoms in total. The van der Waals surface area contributed by atoms with Gasteiger partial charge >= 0.3 is 0 Å². The van der Waals surface area contributed by atoms with Crippen LogP contribution in [0.2, 0.25) is 5.02 Å². The molecule has 0 saturated carbocycles. The number of fused-ring (bicyclic) bond motifs is 1. The number of carbonyl (C=O) groups excluding carboxylic acids is 1. The van der Waals surface area contributed by atoms with Crippen molar-refractivity contribution in [2.24, 2.45) is 5.92 Å². The average Bonchev–Trinajstić information content (AvgIpc) is 2.72. The molecule has 2 aromatic rings. The summed E-state index contributed by atoms with van der Waals surface area (Å²) in [5.41, 5.74) is 2.88. The van der Waals surface area contributed by atoms with Crippen LogP contribution in [0.4, 0.5) is 0 Å². The lowest BCUT2D eigenvalue weighted by atomic mass is 9.75. The summed E-state index contributed by atoms with van der Waals surface area (Å²) in [7, 11) is 1.65. The van der Waals surface area contributed by atoms with E-state index in [0.29, 0.717) is 10.6 Å².